The SMILES string of the molecule is Cc1cc(C)cc(N(c2ccc(-c3ccc4c(c3)c3ccccc3n4-c3ccccc3)cc2)c2ccc(-c3ccc4c5ccccc5n(-c5ccccc5)c4c3)cc2)c1.Cc1cc(C)cc(N(c2ccc(-c3ccc4c(c3)oc3ccccc34)cc2)c2ccc(-c3ccc4oc5ccccc5c4c3)cc2)c1.c1ccc(-c2ccc(N(c3ccc(-c4ccccc4)cc3)c3ccc(-c4ccc5oc6ccccc6c5c4)cc3)cc2)cc1. The summed E-state index contributed by atoms with van der Waals surface area (Å²) < 4.78 is 23.1. The molecule has 0 atom stereocenters. The normalized spacial score (nSPS) is 11.5. The Morgan fingerprint density at radius 3 is 0.740 bits per heavy atom. The van der Waals surface area contributed by atoms with Gasteiger partial charge in [0.2, 0.25) is 0 Å². The molecule has 0 aliphatic carbocycles. The second-order valence-electron chi connectivity index (χ2n) is 39.0. The minimum atomic E-state index is 0.907. The Morgan fingerprint density at radius 2 is 0.360 bits per heavy atom. The van der Waals surface area contributed by atoms with E-state index < -0.39 is 0 Å². The Bertz CT molecular complexity index is 9760. The standard InChI is InChI=1S/C56H41N3.C44H31NO2.C42H29NO/c1-38-33-39(2)35-48(34-38)57(46-27-21-40(22-28-46)42-26-32-55-52(36-42)50-18-10-12-20-54(50)58(55)44-13-5-3-6-14-44)47-29-23-41(24-30-47)43-25-31-51-49-17-9-11-19-53(49)59(56(51)37-43)45-15-7-4-8-16-45;1-28-23-29(2)25-36(24-28)45(34-17-11-30(12-18-34)32-16-22-43-40(26-32)38-8-4-6-10-42(38)46-43)35-19-13-31(14-20-35)33-15-21-39-37-7-3-5-9-41(37)47-44(39)27-33;1-3-9-30(10-4-1)32-15-22-36(23-16-32)43(37-24-17-33(18-25-37)31-11-5-2-6-12-31)38-26-19-34(20-27-38)35-21-28-42-40(29-35)39-13-7-8-14-41(39)44-42/h3-37H,1-2H3;3-27H,1-2H3;1-29H. The summed E-state index contributed by atoms with van der Waals surface area (Å²) in [5, 5.41) is 11.9. The summed E-state index contributed by atoms with van der Waals surface area (Å²) in [6.07, 6.45) is 0. The molecule has 0 N–H and O–H groups in total. The van der Waals surface area contributed by atoms with Gasteiger partial charge in [0.25, 0.3) is 0 Å². The van der Waals surface area contributed by atoms with Gasteiger partial charge >= 0.3 is 0 Å². The number of nitrogens with zero attached hydrogens (tertiary/aromatic N) is 5. The zero-order valence-electron chi connectivity index (χ0n) is 83.3. The highest BCUT2D eigenvalue weighted by Gasteiger charge is 2.24. The quantitative estimate of drug-likeness (QED) is 0.0853. The summed E-state index contributed by atoms with van der Waals surface area (Å²) in [6, 6.07) is 193. The molecule has 8 nitrogen and oxygen atoms in total. The first-order chi connectivity index (χ1) is 73.9. The summed E-state index contributed by atoms with van der Waals surface area (Å²) in [5.74, 6) is 0. The minimum Gasteiger partial charge on any atom is -0.456 e. The van der Waals surface area contributed by atoms with E-state index in [1.165, 1.54) is 133 Å². The number of rotatable bonds is 18. The highest BCUT2D eigenvalue weighted by molar-refractivity contribution is 6.13. The van der Waals surface area contributed by atoms with Crippen LogP contribution in [0.1, 0.15) is 22.3 Å². The molecule has 0 unspecified atom stereocenters. The molecule has 23 aromatic carbocycles. The predicted octanol–water partition coefficient (Wildman–Crippen LogP) is 40.3. The molecule has 150 heavy (non-hydrogen) atoms. The fraction of sp³-hybridized carbons (Fsp3) is 0.0282. The topological polar surface area (TPSA) is 59.0 Å². The van der Waals surface area contributed by atoms with Crippen molar-refractivity contribution < 1.29 is 13.3 Å². The summed E-state index contributed by atoms with van der Waals surface area (Å²) in [4.78, 5) is 7.03. The van der Waals surface area contributed by atoms with E-state index in [0.29, 0.717) is 0 Å². The number of hydrogen-bond donors (Lipinski definition) is 0. The monoisotopic (exact) mass is 1920 g/mol. The maximum absolute atomic E-state index is 6.18. The highest BCUT2D eigenvalue weighted by atomic mass is 16.3. The molecule has 28 rings (SSSR count). The molecule has 0 radical (unpaired) electrons. The molecular weight excluding hydrogens is 1820 g/mol. The lowest BCUT2D eigenvalue weighted by molar-refractivity contribution is 0.668. The third kappa shape index (κ3) is 17.4. The highest BCUT2D eigenvalue weighted by Crippen LogP contribution is 2.47. The van der Waals surface area contributed by atoms with Crippen LogP contribution >= 0.6 is 0 Å². The van der Waals surface area contributed by atoms with Gasteiger partial charge in [0.15, 0.2) is 0 Å². The van der Waals surface area contributed by atoms with Crippen molar-refractivity contribution in [2.45, 2.75) is 27.7 Å². The molecule has 0 bridgehead atoms. The average molecular weight is 1930 g/mol. The number of hydrogen-bond acceptors (Lipinski definition) is 6. The minimum absolute atomic E-state index is 0.907. The fourth-order valence-corrected chi connectivity index (χ4v) is 22.1. The number of anilines is 9. The van der Waals surface area contributed by atoms with Gasteiger partial charge in [-0.05, 0) is 346 Å². The van der Waals surface area contributed by atoms with Gasteiger partial charge < -0.3 is 37.1 Å². The first kappa shape index (κ1) is 90.5. The van der Waals surface area contributed by atoms with Crippen molar-refractivity contribution in [1.82, 2.24) is 9.13 Å². The molecule has 28 aromatic rings. The van der Waals surface area contributed by atoms with E-state index in [1.54, 1.807) is 0 Å². The van der Waals surface area contributed by atoms with Crippen LogP contribution in [-0.2, 0) is 0 Å². The predicted molar refractivity (Wildman–Crippen MR) is 631 cm³/mol. The molecule has 0 aliphatic rings. The molecule has 0 fully saturated rings. The lowest BCUT2D eigenvalue weighted by atomic mass is 10.0. The van der Waals surface area contributed by atoms with Crippen LogP contribution in [0.15, 0.2) is 553 Å². The molecule has 0 spiro atoms. The fourth-order valence-electron chi connectivity index (χ4n) is 22.1. The van der Waals surface area contributed by atoms with E-state index in [4.69, 9.17) is 13.3 Å². The van der Waals surface area contributed by atoms with Crippen LogP contribution in [0.4, 0.5) is 51.2 Å². The van der Waals surface area contributed by atoms with Gasteiger partial charge in [-0.3, -0.25) is 0 Å². The number of aryl methyl sites for hydroxylation is 4. The van der Waals surface area contributed by atoms with E-state index in [0.717, 1.165) is 139 Å². The largest absolute Gasteiger partial charge is 0.456 e. The first-order valence-corrected chi connectivity index (χ1v) is 51.3. The molecule has 712 valence electrons. The summed E-state index contributed by atoms with van der Waals surface area (Å²) >= 11 is 0. The maximum Gasteiger partial charge on any atom is 0.136 e. The van der Waals surface area contributed by atoms with E-state index in [2.05, 4.69) is 555 Å². The molecule has 0 aliphatic heterocycles. The third-order valence-electron chi connectivity index (χ3n) is 29.2. The van der Waals surface area contributed by atoms with Crippen LogP contribution in [0, 0.1) is 27.7 Å². The Labute approximate surface area is 870 Å². The zero-order valence-corrected chi connectivity index (χ0v) is 83.3. The molecule has 0 saturated heterocycles. The second-order valence-corrected chi connectivity index (χ2v) is 39.0. The molecule has 8 heteroatoms. The van der Waals surface area contributed by atoms with Gasteiger partial charge in [-0.25, -0.2) is 0 Å². The van der Waals surface area contributed by atoms with Crippen LogP contribution in [0.3, 0.4) is 0 Å². The summed E-state index contributed by atoms with van der Waals surface area (Å²) in [5.41, 5.74) is 44.2. The lowest BCUT2D eigenvalue weighted by Gasteiger charge is -2.26. The smallest absolute Gasteiger partial charge is 0.136 e. The second kappa shape index (κ2) is 38.9. The lowest BCUT2D eigenvalue weighted by Crippen LogP contribution is -2.10. The van der Waals surface area contributed by atoms with Crippen molar-refractivity contribution >= 4 is 161 Å². The van der Waals surface area contributed by atoms with E-state index >= 15 is 0 Å². The summed E-state index contributed by atoms with van der Waals surface area (Å²) in [7, 11) is 0. The van der Waals surface area contributed by atoms with Crippen molar-refractivity contribution in [3.63, 3.8) is 0 Å². The van der Waals surface area contributed by atoms with E-state index in [9.17, 15) is 0 Å². The molecule has 0 amide bonds. The third-order valence-corrected chi connectivity index (χ3v) is 29.2. The maximum atomic E-state index is 6.18. The van der Waals surface area contributed by atoms with Crippen LogP contribution in [0.2, 0.25) is 0 Å². The molecular formula is C142H101N5O3. The zero-order chi connectivity index (χ0) is 100. The van der Waals surface area contributed by atoms with Crippen molar-refractivity contribution in [2.75, 3.05) is 14.7 Å². The van der Waals surface area contributed by atoms with Crippen LogP contribution in [-0.4, -0.2) is 9.13 Å². The van der Waals surface area contributed by atoms with E-state index in [-0.39, 0.29) is 0 Å². The Hall–Kier alpha value is -19.5. The van der Waals surface area contributed by atoms with Crippen molar-refractivity contribution in [1.29, 1.82) is 0 Å². The van der Waals surface area contributed by atoms with Gasteiger partial charge in [-0.1, -0.05) is 322 Å². The number of para-hydroxylation sites is 7. The molecule has 5 aromatic heterocycles. The van der Waals surface area contributed by atoms with Crippen LogP contribution in [0.25, 0.3) is 199 Å². The Kier molecular flexibility index (Phi) is 23.4. The van der Waals surface area contributed by atoms with Gasteiger partial charge in [0.1, 0.15) is 33.5 Å². The number of aromatic nitrogens is 2. The van der Waals surface area contributed by atoms with E-state index in [1.807, 2.05) is 36.4 Å². The van der Waals surface area contributed by atoms with Crippen LogP contribution < -0.4 is 14.7 Å². The Balaban J connectivity index is 0.000000115. The van der Waals surface area contributed by atoms with Gasteiger partial charge in [0, 0.05) is 116 Å². The van der Waals surface area contributed by atoms with Gasteiger partial charge in [0.05, 0.1) is 22.1 Å². The first-order valence-electron chi connectivity index (χ1n) is 51.3. The molecule has 0 saturated carbocycles. The average Bonchev–Trinajstić information content (AvgIpc) is 1.59. The van der Waals surface area contributed by atoms with Gasteiger partial charge in [-0.2, -0.15) is 0 Å². The van der Waals surface area contributed by atoms with Crippen LogP contribution in [0.5, 0.6) is 0 Å². The van der Waals surface area contributed by atoms with Crippen molar-refractivity contribution in [3.05, 3.63) is 562 Å². The van der Waals surface area contributed by atoms with Crippen molar-refractivity contribution in [3.8, 4) is 89.3 Å². The summed E-state index contributed by atoms with van der Waals surface area (Å²) in [6.45, 7) is 8.67. The number of fused-ring (bicyclic) bond motifs is 15. The number of benzene rings is 23. The molecule has 5 heterocycles. The Morgan fingerprint density at radius 1 is 0.133 bits per heavy atom. The number of furan rings is 3. The van der Waals surface area contributed by atoms with Crippen molar-refractivity contribution in [2.24, 2.45) is 0 Å². The van der Waals surface area contributed by atoms with Gasteiger partial charge in [-0.15, -0.1) is 0 Å².